The number of phenols is 1. The van der Waals surface area contributed by atoms with Crippen molar-refractivity contribution in [3.05, 3.63) is 137 Å². The maximum atomic E-state index is 14.6. The molecule has 27 nitrogen and oxygen atoms in total. The molecule has 0 radical (unpaired) electrons. The summed E-state index contributed by atoms with van der Waals surface area (Å²) in [6, 6.07) is 20.7. The van der Waals surface area contributed by atoms with Gasteiger partial charge in [-0.3, -0.25) is 28.8 Å². The van der Waals surface area contributed by atoms with Crippen LogP contribution in [0.25, 0.3) is 16.4 Å². The number of phenolic OH excluding ortho intramolecular Hbond substituents is 1. The van der Waals surface area contributed by atoms with E-state index in [1.165, 1.54) is 41.1 Å². The average molecular weight is 1270 g/mol. The van der Waals surface area contributed by atoms with Crippen LogP contribution in [0.15, 0.2) is 109 Å². The molecule has 480 valence electrons. The van der Waals surface area contributed by atoms with Crippen molar-refractivity contribution >= 4 is 105 Å². The van der Waals surface area contributed by atoms with Gasteiger partial charge in [0.15, 0.2) is 12.5 Å². The number of rotatable bonds is 28. The molecule has 0 saturated heterocycles. The molecule has 28 heteroatoms. The van der Waals surface area contributed by atoms with Crippen molar-refractivity contribution in [2.24, 2.45) is 17.6 Å². The van der Waals surface area contributed by atoms with Crippen LogP contribution in [0.5, 0.6) is 11.5 Å². The van der Waals surface area contributed by atoms with E-state index in [2.05, 4.69) is 26.3 Å². The van der Waals surface area contributed by atoms with E-state index < -0.39 is 84.2 Å². The largest absolute Gasteiger partial charge is 0.508 e. The molecule has 0 aliphatic carbocycles. The number of anilines is 3. The van der Waals surface area contributed by atoms with Crippen LogP contribution in [0, 0.1) is 18.8 Å². The number of nitrogens with zero attached hydrogens (tertiary/aromatic N) is 6. The number of urea groups is 1. The number of alkyl carbamates (subject to hydrolysis) is 1. The molecule has 91 heavy (non-hydrogen) atoms. The molecule has 4 heterocycles. The number of aromatic hydroxyl groups is 1. The number of alkyl halides is 1. The molecule has 2 aromatic heterocycles. The topological polar surface area (TPSA) is 352 Å². The molecule has 6 aromatic rings. The Morgan fingerprint density at radius 3 is 2.27 bits per heavy atom. The summed E-state index contributed by atoms with van der Waals surface area (Å²) < 4.78 is 24.0. The Hall–Kier alpha value is -10.1. The first-order valence-corrected chi connectivity index (χ1v) is 29.6. The van der Waals surface area contributed by atoms with E-state index in [0.29, 0.717) is 44.1 Å². The van der Waals surface area contributed by atoms with E-state index in [9.17, 15) is 58.2 Å². The van der Waals surface area contributed by atoms with Crippen LogP contribution in [-0.2, 0) is 40.0 Å². The number of carbonyl (C=O) groups is 10. The summed E-state index contributed by atoms with van der Waals surface area (Å²) in [7, 11) is 1.48. The van der Waals surface area contributed by atoms with Crippen molar-refractivity contribution in [2.75, 3.05) is 87.7 Å². The third-order valence-corrected chi connectivity index (χ3v) is 15.5. The number of imide groups is 1. The van der Waals surface area contributed by atoms with Gasteiger partial charge in [-0.05, 0) is 96.3 Å². The number of fused-ring (bicyclic) bond motifs is 4. The lowest BCUT2D eigenvalue weighted by atomic mass is 9.89. The fraction of sp³-hybridized carbons (Fsp3) is 0.349. The molecule has 2 aliphatic heterocycles. The molecule has 8 rings (SSSR count). The molecular weight excluding hydrogens is 1200 g/mol. The van der Waals surface area contributed by atoms with Crippen LogP contribution in [0.4, 0.5) is 36.2 Å². The van der Waals surface area contributed by atoms with E-state index in [0.717, 1.165) is 28.7 Å². The zero-order chi connectivity index (χ0) is 65.5. The highest BCUT2D eigenvalue weighted by Gasteiger charge is 2.38. The third-order valence-electron chi connectivity index (χ3n) is 15.1. The van der Waals surface area contributed by atoms with Crippen LogP contribution in [-0.4, -0.2) is 172 Å². The van der Waals surface area contributed by atoms with E-state index in [4.69, 9.17) is 36.3 Å². The zero-order valence-electron chi connectivity index (χ0n) is 50.3. The smallest absolute Gasteiger partial charge is 0.415 e. The number of hydrogen-bond acceptors (Lipinski definition) is 17. The van der Waals surface area contributed by atoms with Crippen molar-refractivity contribution in [3.8, 4) is 11.5 Å². The maximum Gasteiger partial charge on any atom is 0.415 e. The summed E-state index contributed by atoms with van der Waals surface area (Å²) in [6.45, 7) is 4.34. The number of ketones is 1. The number of hydrogen-bond donors (Lipinski definition) is 7. The van der Waals surface area contributed by atoms with Crippen LogP contribution in [0.3, 0.4) is 0 Å². The van der Waals surface area contributed by atoms with Crippen LogP contribution in [0.1, 0.15) is 76.6 Å². The maximum absolute atomic E-state index is 14.6. The number of amides is 10. The second-order valence-corrected chi connectivity index (χ2v) is 22.2. The van der Waals surface area contributed by atoms with Gasteiger partial charge in [0.05, 0.1) is 37.2 Å². The first-order chi connectivity index (χ1) is 43.6. The summed E-state index contributed by atoms with van der Waals surface area (Å²) in [5, 5.41) is 30.9. The number of nitrogens with two attached hydrogens (primary N) is 1. The van der Waals surface area contributed by atoms with Gasteiger partial charge in [-0.2, -0.15) is 0 Å². The number of primary amides is 1. The van der Waals surface area contributed by atoms with Crippen molar-refractivity contribution in [1.82, 2.24) is 34.7 Å². The Balaban J connectivity index is 0.894. The van der Waals surface area contributed by atoms with E-state index in [-0.39, 0.29) is 107 Å². The molecular formula is C63H70ClN11O16. The zero-order valence-corrected chi connectivity index (χ0v) is 51.1. The summed E-state index contributed by atoms with van der Waals surface area (Å²) >= 11 is 6.64. The number of benzene rings is 4. The van der Waals surface area contributed by atoms with Crippen molar-refractivity contribution < 1.29 is 77.1 Å². The Morgan fingerprint density at radius 2 is 1.58 bits per heavy atom. The summed E-state index contributed by atoms with van der Waals surface area (Å²) in [4.78, 5) is 140. The lowest BCUT2D eigenvalue weighted by Gasteiger charge is -2.26. The van der Waals surface area contributed by atoms with Crippen molar-refractivity contribution in [3.63, 3.8) is 0 Å². The molecule has 10 amide bonds. The molecule has 3 atom stereocenters. The van der Waals surface area contributed by atoms with Crippen molar-refractivity contribution in [2.45, 2.75) is 58.6 Å². The SMILES string of the molecule is Cc1cccc2c(OC(=O)N(CCOCCO)CCN(C)C(=O)OCc3ccc(NC(=O)[C@H](CCCNC(N)=O)CC(=O)[C@@H](NC(=O)OCN4C(=O)C=CC4=O)C(C)C)cc3)cc3c(c12)[C@H](CCl)CN3C(=O)c1cn2cc(NC(=O)c3ccc(O)cc3)ccc2n1. The Kier molecular flexibility index (Phi) is 22.7. The number of aliphatic hydroxyl groups is 1. The van der Waals surface area contributed by atoms with Gasteiger partial charge < -0.3 is 75.3 Å². The number of Topliss-reactive ketones (excluding diaryl/α,β-unsaturated/α-hetero) is 1. The van der Waals surface area contributed by atoms with Gasteiger partial charge in [-0.15, -0.1) is 11.6 Å². The fourth-order valence-electron chi connectivity index (χ4n) is 10.3. The van der Waals surface area contributed by atoms with Crippen LogP contribution >= 0.6 is 11.6 Å². The number of halogens is 1. The number of imidazole rings is 1. The van der Waals surface area contributed by atoms with Gasteiger partial charge in [0.2, 0.25) is 5.91 Å². The van der Waals surface area contributed by atoms with Gasteiger partial charge in [0, 0.05) is 111 Å². The lowest BCUT2D eigenvalue weighted by Crippen LogP contribution is -2.47. The van der Waals surface area contributed by atoms with Gasteiger partial charge in [0.25, 0.3) is 23.6 Å². The Labute approximate surface area is 527 Å². The number of carbonyl (C=O) groups excluding carboxylic acids is 10. The number of aryl methyl sites for hydroxylation is 1. The molecule has 0 fully saturated rings. The molecule has 0 spiro atoms. The molecule has 0 bridgehead atoms. The highest BCUT2D eigenvalue weighted by atomic mass is 35.5. The predicted octanol–water partition coefficient (Wildman–Crippen LogP) is 6.41. The predicted molar refractivity (Wildman–Crippen MR) is 332 cm³/mol. The standard InChI is InChI=1S/C63H70ClN11O16/c1-37(2)56(70-61(85)90-36-75-52(79)20-21-53(75)80)49(78)29-41(8-6-22-66-60(65)84)58(82)67-43-14-10-39(11-15-43)35-89-62(86)71(4)23-24-72(25-27-88-28-26-76)63(87)91-50-30-48-55(54-38(3)7-5-9-46(50)54)42(31-64)32-74(48)59(83)47-34-73-33-44(16-19-51(73)69-47)68-57(81)40-12-17-45(77)18-13-40/h5,7,9-21,30,33-34,37,41-42,56,76-77H,6,8,22-29,31-32,35-36H2,1-4H3,(H,67,82)(H,68,81)(H,70,85)(H3,65,66,84)/t41-,42-,56+/m1/s1. The second kappa shape index (κ2) is 30.9. The average Bonchev–Trinajstić information content (AvgIpc) is 1.64. The van der Waals surface area contributed by atoms with Gasteiger partial charge in [-0.1, -0.05) is 44.2 Å². The van der Waals surface area contributed by atoms with Crippen LogP contribution < -0.4 is 36.6 Å². The van der Waals surface area contributed by atoms with Crippen molar-refractivity contribution in [1.29, 1.82) is 0 Å². The Morgan fingerprint density at radius 1 is 0.857 bits per heavy atom. The number of pyridine rings is 1. The molecule has 4 aromatic carbocycles. The normalized spacial score (nSPS) is 14.0. The number of likely N-dealkylation sites (N-methyl/N-ethyl adjacent to an activating group) is 1. The highest BCUT2D eigenvalue weighted by molar-refractivity contribution is 6.19. The van der Waals surface area contributed by atoms with Gasteiger partial charge in [0.1, 0.15) is 29.4 Å². The molecule has 8 N–H and O–H groups in total. The van der Waals surface area contributed by atoms with E-state index in [1.54, 1.807) is 78.0 Å². The van der Waals surface area contributed by atoms with Crippen LogP contribution in [0.2, 0.25) is 0 Å². The molecule has 2 aliphatic rings. The van der Waals surface area contributed by atoms with Gasteiger partial charge >= 0.3 is 24.3 Å². The Bertz CT molecular complexity index is 3730. The molecule has 0 unspecified atom stereocenters. The minimum absolute atomic E-state index is 0.00163. The van der Waals surface area contributed by atoms with E-state index >= 15 is 0 Å². The monoisotopic (exact) mass is 1270 g/mol. The third kappa shape index (κ3) is 17.2. The quantitative estimate of drug-likeness (QED) is 0.0158. The van der Waals surface area contributed by atoms with Gasteiger partial charge in [-0.25, -0.2) is 29.1 Å². The number of aliphatic hydroxyl groups excluding tert-OH is 1. The minimum atomic E-state index is -1.12. The first kappa shape index (κ1) is 66.8. The lowest BCUT2D eigenvalue weighted by molar-refractivity contribution is -0.141. The number of aromatic nitrogens is 2. The minimum Gasteiger partial charge on any atom is -0.508 e. The van der Waals surface area contributed by atoms with E-state index in [1.807, 2.05) is 25.1 Å². The summed E-state index contributed by atoms with van der Waals surface area (Å²) in [6.07, 6.45) is 2.70. The fourth-order valence-corrected chi connectivity index (χ4v) is 10.5. The summed E-state index contributed by atoms with van der Waals surface area (Å²) in [5.41, 5.74) is 9.47. The molecule has 0 saturated carbocycles. The second-order valence-electron chi connectivity index (χ2n) is 21.9. The number of nitrogens with one attached hydrogen (secondary N) is 4. The highest BCUT2D eigenvalue weighted by Crippen LogP contribution is 2.47. The summed E-state index contributed by atoms with van der Waals surface area (Å²) in [5.74, 6) is -4.64. The number of ether oxygens (including phenoxy) is 4. The first-order valence-electron chi connectivity index (χ1n) is 29.1.